The van der Waals surface area contributed by atoms with E-state index in [2.05, 4.69) is 28.5 Å². The number of morpholine rings is 1. The van der Waals surface area contributed by atoms with Crippen molar-refractivity contribution in [2.75, 3.05) is 18.9 Å². The van der Waals surface area contributed by atoms with Crippen molar-refractivity contribution < 1.29 is 22.6 Å². The van der Waals surface area contributed by atoms with Crippen LogP contribution in [0.25, 0.3) is 11.3 Å². The van der Waals surface area contributed by atoms with Gasteiger partial charge in [0.15, 0.2) is 11.6 Å². The zero-order chi connectivity index (χ0) is 23.1. The van der Waals surface area contributed by atoms with Crippen LogP contribution >= 0.6 is 0 Å². The summed E-state index contributed by atoms with van der Waals surface area (Å²) in [6, 6.07) is 4.66. The number of ether oxygens (including phenoxy) is 2. The van der Waals surface area contributed by atoms with E-state index in [0.29, 0.717) is 47.2 Å². The summed E-state index contributed by atoms with van der Waals surface area (Å²) in [7, 11) is 0. The quantitative estimate of drug-likeness (QED) is 0.723. The van der Waals surface area contributed by atoms with E-state index in [0.717, 1.165) is 18.8 Å². The molecule has 2 aliphatic carbocycles. The van der Waals surface area contributed by atoms with Gasteiger partial charge in [0.1, 0.15) is 0 Å². The first-order valence-electron chi connectivity index (χ1n) is 11.7. The van der Waals surface area contributed by atoms with Gasteiger partial charge in [-0.1, -0.05) is 0 Å². The molecular weight excluding hydrogens is 435 g/mol. The Hall–Kier alpha value is -2.33. The smallest absolute Gasteiger partial charge is 0.402 e. The lowest BCUT2D eigenvalue weighted by Gasteiger charge is -2.33. The Kier molecular flexibility index (Phi) is 4.72. The zero-order valence-corrected chi connectivity index (χ0v) is 18.6. The minimum absolute atomic E-state index is 0.143. The van der Waals surface area contributed by atoms with Crippen molar-refractivity contribution in [3.8, 4) is 17.0 Å². The highest BCUT2D eigenvalue weighted by atomic mass is 19.4. The minimum Gasteiger partial charge on any atom is -0.402 e. The lowest BCUT2D eigenvalue weighted by Crippen LogP contribution is -2.43. The van der Waals surface area contributed by atoms with Gasteiger partial charge in [-0.3, -0.25) is 9.58 Å². The van der Waals surface area contributed by atoms with Crippen molar-refractivity contribution in [1.29, 1.82) is 0 Å². The average Bonchev–Trinajstić information content (AvgIpc) is 3.32. The normalized spacial score (nSPS) is 33.2. The minimum atomic E-state index is -4.83. The molecule has 4 aliphatic rings. The van der Waals surface area contributed by atoms with Crippen LogP contribution < -0.4 is 10.5 Å². The summed E-state index contributed by atoms with van der Waals surface area (Å²) < 4.78 is 50.0. The molecule has 2 saturated carbocycles. The van der Waals surface area contributed by atoms with Crippen LogP contribution in [0.15, 0.2) is 18.3 Å². The molecule has 6 rings (SSSR count). The highest BCUT2D eigenvalue weighted by Gasteiger charge is 2.60. The summed E-state index contributed by atoms with van der Waals surface area (Å²) in [6.45, 7) is 6.09. The Morgan fingerprint density at radius 3 is 2.52 bits per heavy atom. The van der Waals surface area contributed by atoms with E-state index in [9.17, 15) is 13.2 Å². The lowest BCUT2D eigenvalue weighted by molar-refractivity contribution is -0.274. The number of hydrogen-bond acceptors (Lipinski definition) is 6. The number of nitrogen functional groups attached to an aromatic ring is 1. The Bertz CT molecular complexity index is 1060. The lowest BCUT2D eigenvalue weighted by atomic mass is 10.0. The van der Waals surface area contributed by atoms with Crippen LogP contribution in [-0.2, 0) is 4.74 Å². The second kappa shape index (κ2) is 7.33. The maximum atomic E-state index is 12.7. The second-order valence-electron chi connectivity index (χ2n) is 10.2. The number of likely N-dealkylation sites (tertiary alicyclic amines) is 1. The van der Waals surface area contributed by atoms with E-state index < -0.39 is 12.1 Å². The summed E-state index contributed by atoms with van der Waals surface area (Å²) in [5, 5.41) is 4.74. The number of alkyl halides is 3. The second-order valence-corrected chi connectivity index (χ2v) is 10.2. The molecule has 0 radical (unpaired) electrons. The molecule has 0 spiro atoms. The third kappa shape index (κ3) is 3.67. The average molecular weight is 464 g/mol. The molecule has 178 valence electrons. The number of aromatic nitrogens is 3. The summed E-state index contributed by atoms with van der Waals surface area (Å²) in [5.74, 6) is 0.934. The molecule has 4 fully saturated rings. The molecule has 10 heteroatoms. The van der Waals surface area contributed by atoms with E-state index in [1.54, 1.807) is 0 Å². The van der Waals surface area contributed by atoms with Gasteiger partial charge in [-0.2, -0.15) is 5.10 Å². The van der Waals surface area contributed by atoms with Crippen LogP contribution in [-0.4, -0.2) is 57.4 Å². The number of anilines is 1. The molecule has 2 aromatic rings. The van der Waals surface area contributed by atoms with Gasteiger partial charge in [-0.05, 0) is 57.1 Å². The van der Waals surface area contributed by atoms with Crippen LogP contribution in [0.3, 0.4) is 0 Å². The van der Waals surface area contributed by atoms with Crippen LogP contribution in [0.2, 0.25) is 0 Å². The fourth-order valence-electron chi connectivity index (χ4n) is 6.41. The van der Waals surface area contributed by atoms with Gasteiger partial charge in [-0.15, -0.1) is 13.2 Å². The summed E-state index contributed by atoms with van der Waals surface area (Å²) >= 11 is 0. The number of fused-ring (bicyclic) bond motifs is 3. The van der Waals surface area contributed by atoms with Gasteiger partial charge in [0.2, 0.25) is 0 Å². The van der Waals surface area contributed by atoms with Crippen LogP contribution in [0.1, 0.15) is 50.8 Å². The first-order valence-corrected chi connectivity index (χ1v) is 11.7. The standard InChI is InChI=1S/C23H28F3N5O2/c1-11(2)31-19(7-18(29-31)12-3-20(22(27)28-8-12)33-23(24,25)26)21-16-5-13(6-17(16)21)30-9-15-4-14(30)10-32-15/h3,7-8,11,13-17,21H,4-6,9-10H2,1-2H3,(H2,27,28)/t13-,14-,15-,16-,17+,21+/m0/s1. The molecule has 2 saturated heterocycles. The predicted octanol–water partition coefficient (Wildman–Crippen LogP) is 3.97. The fraction of sp³-hybridized carbons (Fsp3) is 0.652. The molecule has 33 heavy (non-hydrogen) atoms. The molecular formula is C23H28F3N5O2. The van der Waals surface area contributed by atoms with Gasteiger partial charge < -0.3 is 15.2 Å². The van der Waals surface area contributed by atoms with Crippen molar-refractivity contribution in [3.63, 3.8) is 0 Å². The Morgan fingerprint density at radius 2 is 1.91 bits per heavy atom. The highest BCUT2D eigenvalue weighted by molar-refractivity contribution is 5.64. The molecule has 2 aromatic heterocycles. The van der Waals surface area contributed by atoms with Crippen LogP contribution in [0, 0.1) is 11.8 Å². The number of pyridine rings is 1. The van der Waals surface area contributed by atoms with Crippen LogP contribution in [0.4, 0.5) is 19.0 Å². The topological polar surface area (TPSA) is 78.4 Å². The third-order valence-corrected chi connectivity index (χ3v) is 7.83. The SMILES string of the molecule is CC(C)n1nc(-c2cnc(N)c(OC(F)(F)F)c2)cc1[C@H]1[C@@H]2C[C@@H](N3C[C@@H]4C[C@H]3CO4)C[C@@H]21. The molecule has 7 nitrogen and oxygen atoms in total. The number of halogens is 3. The number of nitrogens with two attached hydrogens (primary N) is 1. The molecule has 0 aromatic carbocycles. The molecule has 2 aliphatic heterocycles. The van der Waals surface area contributed by atoms with Crippen molar-refractivity contribution in [2.45, 2.75) is 69.6 Å². The van der Waals surface area contributed by atoms with Crippen molar-refractivity contribution in [3.05, 3.63) is 24.0 Å². The summed E-state index contributed by atoms with van der Waals surface area (Å²) in [6.07, 6.45) is 0.610. The largest absolute Gasteiger partial charge is 0.573 e. The van der Waals surface area contributed by atoms with E-state index in [1.807, 2.05) is 10.7 Å². The molecule has 2 N–H and O–H groups in total. The van der Waals surface area contributed by atoms with Gasteiger partial charge >= 0.3 is 6.36 Å². The van der Waals surface area contributed by atoms with Crippen molar-refractivity contribution in [2.24, 2.45) is 11.8 Å². The molecule has 4 heterocycles. The maximum absolute atomic E-state index is 12.7. The Morgan fingerprint density at radius 1 is 1.15 bits per heavy atom. The van der Waals surface area contributed by atoms with Gasteiger partial charge in [-0.25, -0.2) is 4.98 Å². The van der Waals surface area contributed by atoms with Gasteiger partial charge in [0, 0.05) is 48.0 Å². The van der Waals surface area contributed by atoms with E-state index in [4.69, 9.17) is 15.6 Å². The van der Waals surface area contributed by atoms with E-state index >= 15 is 0 Å². The first kappa shape index (κ1) is 21.2. The predicted molar refractivity (Wildman–Crippen MR) is 115 cm³/mol. The fourth-order valence-corrected chi connectivity index (χ4v) is 6.41. The summed E-state index contributed by atoms with van der Waals surface area (Å²) in [5.41, 5.74) is 7.80. The number of nitrogens with zero attached hydrogens (tertiary/aromatic N) is 4. The summed E-state index contributed by atoms with van der Waals surface area (Å²) in [4.78, 5) is 6.57. The maximum Gasteiger partial charge on any atom is 0.573 e. The molecule has 2 bridgehead atoms. The number of rotatable bonds is 5. The van der Waals surface area contributed by atoms with Crippen LogP contribution in [0.5, 0.6) is 5.75 Å². The Labute approximate surface area is 190 Å². The van der Waals surface area contributed by atoms with E-state index in [1.165, 1.54) is 31.5 Å². The zero-order valence-electron chi connectivity index (χ0n) is 18.6. The van der Waals surface area contributed by atoms with Crippen molar-refractivity contribution >= 4 is 5.82 Å². The molecule has 6 atom stereocenters. The van der Waals surface area contributed by atoms with Crippen molar-refractivity contribution in [1.82, 2.24) is 19.7 Å². The highest BCUT2D eigenvalue weighted by Crippen LogP contribution is 2.64. The van der Waals surface area contributed by atoms with E-state index in [-0.39, 0.29) is 11.9 Å². The van der Waals surface area contributed by atoms with Gasteiger partial charge in [0.25, 0.3) is 0 Å². The Balaban J connectivity index is 1.22. The first-order chi connectivity index (χ1) is 15.7. The molecule has 0 amide bonds. The molecule has 0 unspecified atom stereocenters. The monoisotopic (exact) mass is 463 g/mol. The van der Waals surface area contributed by atoms with Gasteiger partial charge in [0.05, 0.1) is 18.4 Å². The number of hydrogen-bond donors (Lipinski definition) is 1. The third-order valence-electron chi connectivity index (χ3n) is 7.83.